The van der Waals surface area contributed by atoms with E-state index in [1.54, 1.807) is 12.1 Å². The van der Waals surface area contributed by atoms with Crippen molar-refractivity contribution in [3.63, 3.8) is 0 Å². The number of carboxylic acids is 1. The van der Waals surface area contributed by atoms with E-state index in [-0.39, 0.29) is 11.3 Å². The predicted molar refractivity (Wildman–Crippen MR) is 86.8 cm³/mol. The van der Waals surface area contributed by atoms with Gasteiger partial charge in [-0.05, 0) is 40.4 Å². The molecule has 0 unspecified atom stereocenters. The summed E-state index contributed by atoms with van der Waals surface area (Å²) in [4.78, 5) is 22.9. The largest absolute Gasteiger partial charge is 0.478 e. The van der Waals surface area contributed by atoms with E-state index in [4.69, 9.17) is 5.11 Å². The lowest BCUT2D eigenvalue weighted by Crippen LogP contribution is -2.30. The Morgan fingerprint density at radius 3 is 2.62 bits per heavy atom. The highest BCUT2D eigenvalue weighted by Crippen LogP contribution is 2.26. The number of hydrogen-bond donors (Lipinski definition) is 3. The summed E-state index contributed by atoms with van der Waals surface area (Å²) in [5.41, 5.74) is 0.323. The summed E-state index contributed by atoms with van der Waals surface area (Å²) in [6.07, 6.45) is 3.11. The van der Waals surface area contributed by atoms with Crippen LogP contribution in [0.15, 0.2) is 22.7 Å². The Morgan fingerprint density at radius 1 is 1.29 bits per heavy atom. The lowest BCUT2D eigenvalue weighted by Gasteiger charge is -2.12. The molecular formula is C15H21BrN2O3. The molecule has 0 saturated heterocycles. The van der Waals surface area contributed by atoms with E-state index in [1.807, 2.05) is 0 Å². The first-order valence-electron chi connectivity index (χ1n) is 6.98. The molecular weight excluding hydrogens is 336 g/mol. The summed E-state index contributed by atoms with van der Waals surface area (Å²) in [6, 6.07) is 4.35. The Bertz CT molecular complexity index is 504. The van der Waals surface area contributed by atoms with Crippen molar-refractivity contribution in [2.45, 2.75) is 33.1 Å². The van der Waals surface area contributed by atoms with Crippen molar-refractivity contribution in [1.29, 1.82) is 0 Å². The van der Waals surface area contributed by atoms with Gasteiger partial charge in [0.25, 0.3) is 0 Å². The number of carbonyl (C=O) groups is 2. The van der Waals surface area contributed by atoms with Crippen LogP contribution < -0.4 is 10.6 Å². The van der Waals surface area contributed by atoms with Crippen LogP contribution in [0.4, 0.5) is 10.5 Å². The zero-order chi connectivity index (χ0) is 15.8. The average Bonchev–Trinajstić information content (AvgIpc) is 2.40. The molecule has 2 amide bonds. The number of rotatable bonds is 7. The number of unbranched alkanes of at least 4 members (excludes halogenated alkanes) is 1. The number of anilines is 1. The number of amides is 2. The van der Waals surface area contributed by atoms with Crippen LogP contribution in [0.5, 0.6) is 0 Å². The lowest BCUT2D eigenvalue weighted by molar-refractivity contribution is 0.0698. The van der Waals surface area contributed by atoms with Crippen molar-refractivity contribution in [1.82, 2.24) is 5.32 Å². The van der Waals surface area contributed by atoms with Gasteiger partial charge in [-0.15, -0.1) is 0 Å². The molecule has 0 spiro atoms. The van der Waals surface area contributed by atoms with Gasteiger partial charge in [-0.2, -0.15) is 0 Å². The molecule has 5 nitrogen and oxygen atoms in total. The molecule has 1 aromatic carbocycles. The molecule has 0 bridgehead atoms. The van der Waals surface area contributed by atoms with Crippen molar-refractivity contribution in [3.05, 3.63) is 28.2 Å². The molecule has 0 fully saturated rings. The minimum absolute atomic E-state index is 0.0549. The summed E-state index contributed by atoms with van der Waals surface area (Å²) in [6.45, 7) is 4.91. The second kappa shape index (κ2) is 8.67. The Morgan fingerprint density at radius 2 is 2.00 bits per heavy atom. The average molecular weight is 357 g/mol. The third-order valence-electron chi connectivity index (χ3n) is 2.98. The molecule has 0 atom stereocenters. The number of urea groups is 1. The van der Waals surface area contributed by atoms with Crippen LogP contribution in [0, 0.1) is 5.92 Å². The van der Waals surface area contributed by atoms with Gasteiger partial charge >= 0.3 is 12.0 Å². The molecule has 0 aliphatic heterocycles. The number of benzene rings is 1. The monoisotopic (exact) mass is 356 g/mol. The fraction of sp³-hybridized carbons (Fsp3) is 0.467. The summed E-state index contributed by atoms with van der Waals surface area (Å²) >= 11 is 3.25. The molecule has 3 N–H and O–H groups in total. The minimum atomic E-state index is -1.08. The van der Waals surface area contributed by atoms with Crippen molar-refractivity contribution in [2.75, 3.05) is 11.9 Å². The van der Waals surface area contributed by atoms with Crippen molar-refractivity contribution in [3.8, 4) is 0 Å². The molecule has 0 aliphatic rings. The van der Waals surface area contributed by atoms with Gasteiger partial charge in [0.2, 0.25) is 0 Å². The van der Waals surface area contributed by atoms with E-state index in [9.17, 15) is 9.59 Å². The highest BCUT2D eigenvalue weighted by Gasteiger charge is 2.14. The van der Waals surface area contributed by atoms with E-state index < -0.39 is 12.0 Å². The standard InChI is InChI=1S/C15H21BrN2O3/c1-10(2)6-3-4-9-17-15(21)18-13-11(14(19)20)7-5-8-12(13)16/h5,7-8,10H,3-4,6,9H2,1-2H3,(H,19,20)(H2,17,18,21). The van der Waals surface area contributed by atoms with Crippen LogP contribution >= 0.6 is 15.9 Å². The first-order chi connectivity index (χ1) is 9.91. The summed E-state index contributed by atoms with van der Waals surface area (Å²) in [5, 5.41) is 14.4. The van der Waals surface area contributed by atoms with Crippen LogP contribution in [-0.2, 0) is 0 Å². The highest BCUT2D eigenvalue weighted by molar-refractivity contribution is 9.10. The maximum absolute atomic E-state index is 11.8. The van der Waals surface area contributed by atoms with E-state index in [2.05, 4.69) is 40.4 Å². The van der Waals surface area contributed by atoms with Crippen LogP contribution in [0.3, 0.4) is 0 Å². The Hall–Kier alpha value is -1.56. The van der Waals surface area contributed by atoms with Gasteiger partial charge in [0.05, 0.1) is 11.3 Å². The van der Waals surface area contributed by atoms with Gasteiger partial charge in [0, 0.05) is 11.0 Å². The van der Waals surface area contributed by atoms with Crippen LogP contribution in [-0.4, -0.2) is 23.7 Å². The molecule has 21 heavy (non-hydrogen) atoms. The van der Waals surface area contributed by atoms with Gasteiger partial charge in [0.1, 0.15) is 0 Å². The third-order valence-corrected chi connectivity index (χ3v) is 3.64. The van der Waals surface area contributed by atoms with Gasteiger partial charge < -0.3 is 15.7 Å². The van der Waals surface area contributed by atoms with Crippen molar-refractivity contribution in [2.24, 2.45) is 5.92 Å². The maximum atomic E-state index is 11.8. The second-order valence-electron chi connectivity index (χ2n) is 5.24. The molecule has 0 radical (unpaired) electrons. The first kappa shape index (κ1) is 17.5. The fourth-order valence-electron chi connectivity index (χ4n) is 1.87. The number of para-hydroxylation sites is 1. The zero-order valence-corrected chi connectivity index (χ0v) is 13.9. The summed E-state index contributed by atoms with van der Waals surface area (Å²) < 4.78 is 0.539. The van der Waals surface area contributed by atoms with Crippen molar-refractivity contribution < 1.29 is 14.7 Å². The molecule has 0 aliphatic carbocycles. The van der Waals surface area contributed by atoms with Gasteiger partial charge in [-0.25, -0.2) is 9.59 Å². The quantitative estimate of drug-likeness (QED) is 0.643. The lowest BCUT2D eigenvalue weighted by atomic mass is 10.1. The van der Waals surface area contributed by atoms with Crippen LogP contribution in [0.25, 0.3) is 0 Å². The number of aromatic carboxylic acids is 1. The van der Waals surface area contributed by atoms with Crippen molar-refractivity contribution >= 4 is 33.6 Å². The first-order valence-corrected chi connectivity index (χ1v) is 7.77. The summed E-state index contributed by atoms with van der Waals surface area (Å²) in [5.74, 6) is -0.416. The number of hydrogen-bond acceptors (Lipinski definition) is 2. The topological polar surface area (TPSA) is 78.4 Å². The molecule has 1 rings (SSSR count). The van der Waals surface area contributed by atoms with Crippen LogP contribution in [0.1, 0.15) is 43.5 Å². The zero-order valence-electron chi connectivity index (χ0n) is 12.3. The van der Waals surface area contributed by atoms with E-state index in [1.165, 1.54) is 6.07 Å². The van der Waals surface area contributed by atoms with E-state index >= 15 is 0 Å². The van der Waals surface area contributed by atoms with Crippen LogP contribution in [0.2, 0.25) is 0 Å². The summed E-state index contributed by atoms with van der Waals surface area (Å²) in [7, 11) is 0. The molecule has 0 heterocycles. The van der Waals surface area contributed by atoms with E-state index in [0.717, 1.165) is 19.3 Å². The van der Waals surface area contributed by atoms with Gasteiger partial charge in [0.15, 0.2) is 0 Å². The molecule has 1 aromatic rings. The third kappa shape index (κ3) is 6.16. The second-order valence-corrected chi connectivity index (χ2v) is 6.09. The molecule has 0 saturated carbocycles. The maximum Gasteiger partial charge on any atom is 0.337 e. The Balaban J connectivity index is 2.50. The predicted octanol–water partition coefficient (Wildman–Crippen LogP) is 4.10. The number of nitrogens with one attached hydrogen (secondary N) is 2. The fourth-order valence-corrected chi connectivity index (χ4v) is 2.33. The number of carbonyl (C=O) groups excluding carboxylic acids is 1. The Labute approximate surface area is 133 Å². The molecule has 0 aromatic heterocycles. The normalized spacial score (nSPS) is 10.5. The highest BCUT2D eigenvalue weighted by atomic mass is 79.9. The van der Waals surface area contributed by atoms with E-state index in [0.29, 0.717) is 16.9 Å². The number of halogens is 1. The Kier molecular flexibility index (Phi) is 7.22. The van der Waals surface area contributed by atoms with Gasteiger partial charge in [-0.3, -0.25) is 0 Å². The number of carboxylic acid groups (broad SMARTS) is 1. The SMILES string of the molecule is CC(C)CCCCNC(=O)Nc1c(Br)cccc1C(=O)O. The smallest absolute Gasteiger partial charge is 0.337 e. The molecule has 6 heteroatoms. The minimum Gasteiger partial charge on any atom is -0.478 e. The van der Waals surface area contributed by atoms with Gasteiger partial charge in [-0.1, -0.05) is 32.8 Å². The molecule has 116 valence electrons.